The molecule has 6 heteroatoms. The van der Waals surface area contributed by atoms with E-state index in [1.54, 1.807) is 0 Å². The molecule has 19 heavy (non-hydrogen) atoms. The molecule has 0 saturated carbocycles. The quantitative estimate of drug-likeness (QED) is 0.638. The monoisotopic (exact) mass is 298 g/mol. The molecular weight excluding hydrogens is 291 g/mol. The van der Waals surface area contributed by atoms with Crippen LogP contribution in [0.4, 0.5) is 4.39 Å². The lowest BCUT2D eigenvalue weighted by Gasteiger charge is -2.04. The number of hydrogen-bond donors (Lipinski definition) is 0. The third kappa shape index (κ3) is 3.62. The average Bonchev–Trinajstić information content (AvgIpc) is 2.83. The van der Waals surface area contributed by atoms with E-state index in [2.05, 4.69) is 0 Å². The van der Waals surface area contributed by atoms with Crippen molar-refractivity contribution < 1.29 is 18.7 Å². The highest BCUT2D eigenvalue weighted by Gasteiger charge is 2.11. The van der Waals surface area contributed by atoms with Gasteiger partial charge in [0.2, 0.25) is 0 Å². The predicted octanol–water partition coefficient (Wildman–Crippen LogP) is 3.71. The Hall–Kier alpha value is -1.72. The molecule has 2 aromatic rings. The molecule has 0 aliphatic heterocycles. The standard InChI is InChI=1S/C13H8ClFO3S/c14-9-3-8(4-10(15)5-9)7-18-13(17)12-2-1-11(6-16)19-12/h1-6H,7H2. The van der Waals surface area contributed by atoms with Crippen LogP contribution in [0.3, 0.4) is 0 Å². The molecule has 1 aromatic heterocycles. The van der Waals surface area contributed by atoms with Crippen molar-refractivity contribution in [2.24, 2.45) is 0 Å². The summed E-state index contributed by atoms with van der Waals surface area (Å²) in [6.07, 6.45) is 0.661. The van der Waals surface area contributed by atoms with Crippen molar-refractivity contribution in [3.63, 3.8) is 0 Å². The largest absolute Gasteiger partial charge is 0.457 e. The first kappa shape index (κ1) is 13.7. The van der Waals surface area contributed by atoms with E-state index in [1.807, 2.05) is 0 Å². The molecule has 0 atom stereocenters. The molecule has 0 amide bonds. The van der Waals surface area contributed by atoms with Crippen LogP contribution in [0.25, 0.3) is 0 Å². The van der Waals surface area contributed by atoms with Gasteiger partial charge in [0.05, 0.1) is 4.88 Å². The van der Waals surface area contributed by atoms with Crippen molar-refractivity contribution >= 4 is 35.2 Å². The summed E-state index contributed by atoms with van der Waals surface area (Å²) in [6.45, 7) is -0.0787. The topological polar surface area (TPSA) is 43.4 Å². The van der Waals surface area contributed by atoms with Gasteiger partial charge in [-0.1, -0.05) is 11.6 Å². The molecule has 1 aromatic carbocycles. The third-order valence-electron chi connectivity index (χ3n) is 2.24. The summed E-state index contributed by atoms with van der Waals surface area (Å²) in [5.74, 6) is -1.05. The van der Waals surface area contributed by atoms with E-state index >= 15 is 0 Å². The minimum atomic E-state index is -0.557. The maximum atomic E-state index is 13.1. The summed E-state index contributed by atoms with van der Waals surface area (Å²) >= 11 is 6.73. The maximum Gasteiger partial charge on any atom is 0.348 e. The fourth-order valence-electron chi connectivity index (χ4n) is 1.44. The average molecular weight is 299 g/mol. The Kier molecular flexibility index (Phi) is 4.29. The Balaban J connectivity index is 2.01. The van der Waals surface area contributed by atoms with Crippen LogP contribution in [0.5, 0.6) is 0 Å². The van der Waals surface area contributed by atoms with E-state index in [0.29, 0.717) is 21.6 Å². The molecule has 0 aliphatic carbocycles. The second-order valence-electron chi connectivity index (χ2n) is 3.67. The van der Waals surface area contributed by atoms with Gasteiger partial charge in [-0.05, 0) is 35.9 Å². The van der Waals surface area contributed by atoms with E-state index in [1.165, 1.54) is 30.3 Å². The second-order valence-corrected chi connectivity index (χ2v) is 5.23. The zero-order chi connectivity index (χ0) is 13.8. The molecule has 0 unspecified atom stereocenters. The normalized spacial score (nSPS) is 10.2. The zero-order valence-electron chi connectivity index (χ0n) is 9.56. The Morgan fingerprint density at radius 3 is 2.79 bits per heavy atom. The molecule has 0 N–H and O–H groups in total. The first-order valence-corrected chi connectivity index (χ1v) is 6.45. The zero-order valence-corrected chi connectivity index (χ0v) is 11.1. The van der Waals surface area contributed by atoms with Gasteiger partial charge in [-0.25, -0.2) is 9.18 Å². The van der Waals surface area contributed by atoms with Crippen molar-refractivity contribution in [3.05, 3.63) is 56.5 Å². The van der Waals surface area contributed by atoms with E-state index in [0.717, 1.165) is 11.3 Å². The van der Waals surface area contributed by atoms with Gasteiger partial charge in [-0.15, -0.1) is 11.3 Å². The van der Waals surface area contributed by atoms with Crippen LogP contribution in [0.15, 0.2) is 30.3 Å². The molecule has 2 rings (SSSR count). The SMILES string of the molecule is O=Cc1ccc(C(=O)OCc2cc(F)cc(Cl)c2)s1. The summed E-state index contributed by atoms with van der Waals surface area (Å²) in [6, 6.07) is 6.97. The van der Waals surface area contributed by atoms with Crippen LogP contribution in [0.2, 0.25) is 5.02 Å². The first-order valence-electron chi connectivity index (χ1n) is 5.25. The van der Waals surface area contributed by atoms with Crippen molar-refractivity contribution in [3.8, 4) is 0 Å². The predicted molar refractivity (Wildman–Crippen MR) is 70.2 cm³/mol. The van der Waals surface area contributed by atoms with Gasteiger partial charge in [0.15, 0.2) is 6.29 Å². The number of benzene rings is 1. The number of esters is 1. The molecular formula is C13H8ClFO3S. The summed E-state index contributed by atoms with van der Waals surface area (Å²) in [4.78, 5) is 22.9. The highest BCUT2D eigenvalue weighted by atomic mass is 35.5. The van der Waals surface area contributed by atoms with Gasteiger partial charge in [0, 0.05) is 5.02 Å². The van der Waals surface area contributed by atoms with Gasteiger partial charge >= 0.3 is 5.97 Å². The third-order valence-corrected chi connectivity index (χ3v) is 3.45. The second kappa shape index (κ2) is 5.95. The molecule has 98 valence electrons. The van der Waals surface area contributed by atoms with Crippen LogP contribution in [0, 0.1) is 5.82 Å². The summed E-state index contributed by atoms with van der Waals surface area (Å²) in [5.41, 5.74) is 0.463. The molecule has 0 aliphatic rings. The van der Waals surface area contributed by atoms with E-state index in [4.69, 9.17) is 16.3 Å². The molecule has 0 fully saturated rings. The van der Waals surface area contributed by atoms with E-state index < -0.39 is 11.8 Å². The maximum absolute atomic E-state index is 13.1. The molecule has 3 nitrogen and oxygen atoms in total. The highest BCUT2D eigenvalue weighted by Crippen LogP contribution is 2.18. The van der Waals surface area contributed by atoms with Crippen LogP contribution in [0.1, 0.15) is 24.9 Å². The fraction of sp³-hybridized carbons (Fsp3) is 0.0769. The van der Waals surface area contributed by atoms with Crippen molar-refractivity contribution in [2.75, 3.05) is 0 Å². The van der Waals surface area contributed by atoms with Gasteiger partial charge in [0.25, 0.3) is 0 Å². The van der Waals surface area contributed by atoms with Crippen molar-refractivity contribution in [1.29, 1.82) is 0 Å². The summed E-state index contributed by atoms with van der Waals surface area (Å²) < 4.78 is 18.1. The lowest BCUT2D eigenvalue weighted by Crippen LogP contribution is -2.03. The number of aldehydes is 1. The molecule has 1 heterocycles. The fourth-order valence-corrected chi connectivity index (χ4v) is 2.40. The lowest BCUT2D eigenvalue weighted by atomic mass is 10.2. The molecule has 0 spiro atoms. The van der Waals surface area contributed by atoms with Gasteiger partial charge in [-0.2, -0.15) is 0 Å². The summed E-state index contributed by atoms with van der Waals surface area (Å²) in [7, 11) is 0. The number of hydrogen-bond acceptors (Lipinski definition) is 4. The van der Waals surface area contributed by atoms with Gasteiger partial charge < -0.3 is 4.74 Å². The lowest BCUT2D eigenvalue weighted by molar-refractivity contribution is 0.0478. The summed E-state index contributed by atoms with van der Waals surface area (Å²) in [5, 5.41) is 0.241. The van der Waals surface area contributed by atoms with Crippen molar-refractivity contribution in [1.82, 2.24) is 0 Å². The van der Waals surface area contributed by atoms with E-state index in [9.17, 15) is 14.0 Å². The van der Waals surface area contributed by atoms with Crippen LogP contribution in [-0.4, -0.2) is 12.3 Å². The van der Waals surface area contributed by atoms with Gasteiger partial charge in [0.1, 0.15) is 17.3 Å². The number of thiophene rings is 1. The Morgan fingerprint density at radius 1 is 1.37 bits per heavy atom. The number of ether oxygens (including phenoxy) is 1. The number of carbonyl (C=O) groups excluding carboxylic acids is 2. The number of rotatable bonds is 4. The Labute approximate surface area is 117 Å². The number of carbonyl (C=O) groups is 2. The van der Waals surface area contributed by atoms with Crippen LogP contribution >= 0.6 is 22.9 Å². The molecule has 0 saturated heterocycles. The van der Waals surface area contributed by atoms with Gasteiger partial charge in [-0.3, -0.25) is 4.79 Å². The smallest absolute Gasteiger partial charge is 0.348 e. The minimum Gasteiger partial charge on any atom is -0.457 e. The number of halogens is 2. The van der Waals surface area contributed by atoms with Crippen molar-refractivity contribution in [2.45, 2.75) is 6.61 Å². The Bertz CT molecular complexity index is 604. The molecule has 0 bridgehead atoms. The van der Waals surface area contributed by atoms with Crippen LogP contribution in [-0.2, 0) is 11.3 Å². The minimum absolute atomic E-state index is 0.0787. The van der Waals surface area contributed by atoms with Crippen LogP contribution < -0.4 is 0 Å². The van der Waals surface area contributed by atoms with E-state index in [-0.39, 0.29) is 11.6 Å². The highest BCUT2D eigenvalue weighted by molar-refractivity contribution is 7.15. The molecule has 0 radical (unpaired) electrons. The first-order chi connectivity index (χ1) is 9.08. The Morgan fingerprint density at radius 2 is 2.16 bits per heavy atom.